The van der Waals surface area contributed by atoms with E-state index in [-0.39, 0.29) is 5.91 Å². The van der Waals surface area contributed by atoms with Crippen LogP contribution in [-0.4, -0.2) is 38.4 Å². The number of likely N-dealkylation sites (tertiary alicyclic amines) is 1. The summed E-state index contributed by atoms with van der Waals surface area (Å²) >= 11 is 0. The molecule has 0 radical (unpaired) electrons. The van der Waals surface area contributed by atoms with E-state index in [1.54, 1.807) is 24.8 Å². The molecule has 20 heavy (non-hydrogen) atoms. The molecule has 6 nitrogen and oxygen atoms in total. The number of hydrogen-bond donors (Lipinski definition) is 1. The zero-order valence-electron chi connectivity index (χ0n) is 11.2. The van der Waals surface area contributed by atoms with Gasteiger partial charge in [0.05, 0.1) is 18.2 Å². The molecule has 6 heteroatoms. The summed E-state index contributed by atoms with van der Waals surface area (Å²) in [6.45, 7) is 2.05. The average Bonchev–Trinajstić information content (AvgIpc) is 3.09. The van der Waals surface area contributed by atoms with E-state index in [2.05, 4.69) is 9.97 Å². The normalized spacial score (nSPS) is 14.7. The molecule has 3 rings (SSSR count). The summed E-state index contributed by atoms with van der Waals surface area (Å²) in [7, 11) is 0. The highest BCUT2D eigenvalue weighted by Gasteiger charge is 2.19. The number of aromatic nitrogens is 3. The third-order valence-electron chi connectivity index (χ3n) is 3.55. The van der Waals surface area contributed by atoms with Crippen LogP contribution in [0.3, 0.4) is 0 Å². The van der Waals surface area contributed by atoms with Gasteiger partial charge in [0.25, 0.3) is 0 Å². The lowest BCUT2D eigenvalue weighted by Crippen LogP contribution is -2.31. The minimum atomic E-state index is 0.142. The topological polar surface area (TPSA) is 77.0 Å². The quantitative estimate of drug-likeness (QED) is 0.908. The Hall–Kier alpha value is -2.37. The van der Waals surface area contributed by atoms with Crippen molar-refractivity contribution in [2.45, 2.75) is 19.4 Å². The van der Waals surface area contributed by atoms with Crippen LogP contribution in [0, 0.1) is 0 Å². The molecule has 0 aromatic carbocycles. The SMILES string of the molecule is Nc1cc(-c2cncn2CC(=O)N2CCCC2)ccn1. The van der Waals surface area contributed by atoms with Gasteiger partial charge in [-0.15, -0.1) is 0 Å². The van der Waals surface area contributed by atoms with Crippen LogP contribution in [-0.2, 0) is 11.3 Å². The highest BCUT2D eigenvalue weighted by molar-refractivity contribution is 5.77. The molecule has 0 saturated carbocycles. The van der Waals surface area contributed by atoms with Crippen LogP contribution in [0.5, 0.6) is 0 Å². The highest BCUT2D eigenvalue weighted by atomic mass is 16.2. The maximum atomic E-state index is 12.2. The molecule has 1 saturated heterocycles. The van der Waals surface area contributed by atoms with Crippen molar-refractivity contribution in [1.82, 2.24) is 19.4 Å². The number of pyridine rings is 1. The van der Waals surface area contributed by atoms with Gasteiger partial charge in [-0.25, -0.2) is 9.97 Å². The molecule has 1 fully saturated rings. The predicted molar refractivity (Wildman–Crippen MR) is 75.7 cm³/mol. The lowest BCUT2D eigenvalue weighted by atomic mass is 10.2. The van der Waals surface area contributed by atoms with Crippen molar-refractivity contribution in [2.24, 2.45) is 0 Å². The third kappa shape index (κ3) is 2.49. The summed E-state index contributed by atoms with van der Waals surface area (Å²) in [5, 5.41) is 0. The van der Waals surface area contributed by atoms with E-state index in [9.17, 15) is 4.79 Å². The molecule has 2 aromatic rings. The van der Waals surface area contributed by atoms with Crippen LogP contribution in [0.15, 0.2) is 30.9 Å². The van der Waals surface area contributed by atoms with E-state index in [1.807, 2.05) is 15.5 Å². The van der Waals surface area contributed by atoms with Crippen LogP contribution < -0.4 is 5.73 Å². The Morgan fingerprint density at radius 1 is 1.35 bits per heavy atom. The fourth-order valence-electron chi connectivity index (χ4n) is 2.51. The van der Waals surface area contributed by atoms with Crippen LogP contribution in [0.25, 0.3) is 11.3 Å². The number of imidazole rings is 1. The smallest absolute Gasteiger partial charge is 0.242 e. The third-order valence-corrected chi connectivity index (χ3v) is 3.55. The molecule has 1 amide bonds. The molecule has 0 bridgehead atoms. The molecular weight excluding hydrogens is 254 g/mol. The van der Waals surface area contributed by atoms with Crippen molar-refractivity contribution in [3.8, 4) is 11.3 Å². The van der Waals surface area contributed by atoms with Crippen LogP contribution in [0.2, 0.25) is 0 Å². The second kappa shape index (κ2) is 5.32. The zero-order chi connectivity index (χ0) is 13.9. The molecule has 1 aliphatic heterocycles. The van der Waals surface area contributed by atoms with Crippen LogP contribution >= 0.6 is 0 Å². The Labute approximate surface area is 117 Å². The van der Waals surface area contributed by atoms with E-state index in [4.69, 9.17) is 5.73 Å². The highest BCUT2D eigenvalue weighted by Crippen LogP contribution is 2.20. The van der Waals surface area contributed by atoms with Gasteiger partial charge in [0.15, 0.2) is 0 Å². The number of rotatable bonds is 3. The van der Waals surface area contributed by atoms with Gasteiger partial charge < -0.3 is 15.2 Å². The standard InChI is InChI=1S/C14H17N5O/c15-13-7-11(3-4-17-13)12-8-16-10-19(12)9-14(20)18-5-1-2-6-18/h3-4,7-8,10H,1-2,5-6,9H2,(H2,15,17). The minimum absolute atomic E-state index is 0.142. The second-order valence-electron chi connectivity index (χ2n) is 4.96. The van der Waals surface area contributed by atoms with Crippen molar-refractivity contribution in [1.29, 1.82) is 0 Å². The number of nitrogens with two attached hydrogens (primary N) is 1. The monoisotopic (exact) mass is 271 g/mol. The maximum absolute atomic E-state index is 12.2. The largest absolute Gasteiger partial charge is 0.384 e. The molecule has 2 N–H and O–H groups in total. The fraction of sp³-hybridized carbons (Fsp3) is 0.357. The molecule has 0 aliphatic carbocycles. The van der Waals surface area contributed by atoms with Crippen LogP contribution in [0.4, 0.5) is 5.82 Å². The molecule has 0 atom stereocenters. The molecular formula is C14H17N5O. The first-order valence-electron chi connectivity index (χ1n) is 6.74. The van der Waals surface area contributed by atoms with Gasteiger partial charge in [-0.05, 0) is 25.0 Å². The number of nitrogens with zero attached hydrogens (tertiary/aromatic N) is 4. The summed E-state index contributed by atoms with van der Waals surface area (Å²) in [4.78, 5) is 22.2. The fourth-order valence-corrected chi connectivity index (χ4v) is 2.51. The minimum Gasteiger partial charge on any atom is -0.384 e. The van der Waals surface area contributed by atoms with E-state index in [1.165, 1.54) is 0 Å². The summed E-state index contributed by atoms with van der Waals surface area (Å²) in [5.74, 6) is 0.602. The number of carbonyl (C=O) groups is 1. The van der Waals surface area contributed by atoms with Gasteiger partial charge in [-0.2, -0.15) is 0 Å². The number of amides is 1. The summed E-state index contributed by atoms with van der Waals surface area (Å²) in [5.41, 5.74) is 7.50. The number of anilines is 1. The Morgan fingerprint density at radius 3 is 2.90 bits per heavy atom. The van der Waals surface area contributed by atoms with Crippen molar-refractivity contribution in [3.05, 3.63) is 30.9 Å². The van der Waals surface area contributed by atoms with Gasteiger partial charge in [0.2, 0.25) is 5.91 Å². The van der Waals surface area contributed by atoms with Crippen molar-refractivity contribution < 1.29 is 4.79 Å². The first-order chi connectivity index (χ1) is 9.74. The number of nitrogen functional groups attached to an aromatic ring is 1. The molecule has 2 aromatic heterocycles. The van der Waals surface area contributed by atoms with E-state index < -0.39 is 0 Å². The molecule has 104 valence electrons. The predicted octanol–water partition coefficient (Wildman–Crippen LogP) is 1.15. The first kappa shape index (κ1) is 12.7. The Bertz CT molecular complexity index is 616. The lowest BCUT2D eigenvalue weighted by molar-refractivity contribution is -0.130. The molecule has 0 unspecified atom stereocenters. The Balaban J connectivity index is 1.81. The summed E-state index contributed by atoms with van der Waals surface area (Å²) < 4.78 is 1.86. The van der Waals surface area contributed by atoms with Crippen molar-refractivity contribution >= 4 is 11.7 Å². The molecule has 1 aliphatic rings. The summed E-state index contributed by atoms with van der Waals surface area (Å²) in [6.07, 6.45) is 7.28. The molecule has 3 heterocycles. The second-order valence-corrected chi connectivity index (χ2v) is 4.96. The van der Waals surface area contributed by atoms with Gasteiger partial charge in [-0.1, -0.05) is 0 Å². The number of carbonyl (C=O) groups excluding carboxylic acids is 1. The molecule has 0 spiro atoms. The van der Waals surface area contributed by atoms with Gasteiger partial charge in [0, 0.05) is 24.8 Å². The summed E-state index contributed by atoms with van der Waals surface area (Å²) in [6, 6.07) is 3.65. The van der Waals surface area contributed by atoms with E-state index in [0.717, 1.165) is 37.2 Å². The first-order valence-corrected chi connectivity index (χ1v) is 6.74. The van der Waals surface area contributed by atoms with E-state index in [0.29, 0.717) is 12.4 Å². The van der Waals surface area contributed by atoms with Gasteiger partial charge >= 0.3 is 0 Å². The van der Waals surface area contributed by atoms with E-state index >= 15 is 0 Å². The zero-order valence-corrected chi connectivity index (χ0v) is 11.2. The Kier molecular flexibility index (Phi) is 3.37. The average molecular weight is 271 g/mol. The van der Waals surface area contributed by atoms with Gasteiger partial charge in [0.1, 0.15) is 12.4 Å². The lowest BCUT2D eigenvalue weighted by Gasteiger charge is -2.16. The number of hydrogen-bond acceptors (Lipinski definition) is 4. The maximum Gasteiger partial charge on any atom is 0.242 e. The van der Waals surface area contributed by atoms with Crippen LogP contribution in [0.1, 0.15) is 12.8 Å². The van der Waals surface area contributed by atoms with Crippen molar-refractivity contribution in [2.75, 3.05) is 18.8 Å². The Morgan fingerprint density at radius 2 is 2.15 bits per heavy atom. The van der Waals surface area contributed by atoms with Gasteiger partial charge in [-0.3, -0.25) is 4.79 Å². The van der Waals surface area contributed by atoms with Crippen molar-refractivity contribution in [3.63, 3.8) is 0 Å².